The van der Waals surface area contributed by atoms with Gasteiger partial charge in [-0.1, -0.05) is 34.7 Å². The van der Waals surface area contributed by atoms with Crippen LogP contribution in [0.4, 0.5) is 13.2 Å². The van der Waals surface area contributed by atoms with Gasteiger partial charge in [0.15, 0.2) is 0 Å². The maximum absolute atomic E-state index is 12.3. The minimum absolute atomic E-state index is 0.158. The van der Waals surface area contributed by atoms with E-state index in [1.807, 2.05) is 24.0 Å². The zero-order chi connectivity index (χ0) is 18.2. The van der Waals surface area contributed by atoms with Gasteiger partial charge in [0.05, 0.1) is 6.54 Å². The van der Waals surface area contributed by atoms with Gasteiger partial charge in [-0.05, 0) is 13.0 Å². The summed E-state index contributed by atoms with van der Waals surface area (Å²) in [4.78, 5) is 15.3. The molecule has 0 aromatic heterocycles. The van der Waals surface area contributed by atoms with Crippen LogP contribution >= 0.6 is 15.9 Å². The quantitative estimate of drug-likeness (QED) is 0.656. The number of piperazine rings is 1. The first-order chi connectivity index (χ1) is 11.2. The average Bonchev–Trinajstić information content (AvgIpc) is 2.45. The maximum atomic E-state index is 12.3. The predicted molar refractivity (Wildman–Crippen MR) is 92.7 cm³/mol. The van der Waals surface area contributed by atoms with Crippen molar-refractivity contribution in [3.63, 3.8) is 0 Å². The second-order valence-corrected chi connectivity index (χ2v) is 6.50. The number of alkyl halides is 3. The highest BCUT2D eigenvalue weighted by Gasteiger charge is 2.32. The van der Waals surface area contributed by atoms with Gasteiger partial charge in [0.1, 0.15) is 0 Å². The molecule has 0 atom stereocenters. The van der Waals surface area contributed by atoms with Crippen LogP contribution in [0.3, 0.4) is 0 Å². The number of carbonyl (C=O) groups excluding carboxylic acids is 1. The molecule has 0 spiro atoms. The van der Waals surface area contributed by atoms with Crippen molar-refractivity contribution in [2.45, 2.75) is 19.5 Å². The van der Waals surface area contributed by atoms with Crippen molar-refractivity contribution in [1.82, 2.24) is 15.1 Å². The summed E-state index contributed by atoms with van der Waals surface area (Å²) in [5, 5.41) is 2.69. The number of amides is 1. The average molecular weight is 410 g/mol. The third-order valence-corrected chi connectivity index (χ3v) is 3.95. The molecule has 0 aliphatic carbocycles. The van der Waals surface area contributed by atoms with Crippen LogP contribution in [0, 0.1) is 0 Å². The standard InChI is InChI=1S/C16H23BrF3N3O/c1-3-4-14(17)11-13(2)21-15(24)5-6-22-7-9-23(10-8-22)12-16(18,19)20/h3-4,11H,2,5-10,12H2,1H3,(H,21,24)/b4-3-,14-11+. The molecule has 1 fully saturated rings. The van der Waals surface area contributed by atoms with Gasteiger partial charge in [0.2, 0.25) is 5.91 Å². The monoisotopic (exact) mass is 409 g/mol. The second-order valence-electron chi connectivity index (χ2n) is 5.59. The summed E-state index contributed by atoms with van der Waals surface area (Å²) in [6.45, 7) is 7.11. The zero-order valence-corrected chi connectivity index (χ0v) is 15.3. The summed E-state index contributed by atoms with van der Waals surface area (Å²) in [7, 11) is 0. The normalized spacial score (nSPS) is 18.1. The molecule has 4 nitrogen and oxygen atoms in total. The molecule has 0 aromatic rings. The zero-order valence-electron chi connectivity index (χ0n) is 13.7. The largest absolute Gasteiger partial charge is 0.401 e. The number of nitrogens with one attached hydrogen (secondary N) is 1. The third kappa shape index (κ3) is 9.24. The first-order valence-corrected chi connectivity index (χ1v) is 8.49. The fourth-order valence-corrected chi connectivity index (χ4v) is 2.88. The van der Waals surface area contributed by atoms with Crippen molar-refractivity contribution in [1.29, 1.82) is 0 Å². The Bertz CT molecular complexity index is 495. The molecule has 0 bridgehead atoms. The lowest BCUT2D eigenvalue weighted by Crippen LogP contribution is -2.49. The van der Waals surface area contributed by atoms with Gasteiger partial charge < -0.3 is 10.2 Å². The number of hydrogen-bond donors (Lipinski definition) is 1. The summed E-state index contributed by atoms with van der Waals surface area (Å²) in [6.07, 6.45) is 1.52. The van der Waals surface area contributed by atoms with Crippen molar-refractivity contribution < 1.29 is 18.0 Å². The molecule has 1 aliphatic rings. The van der Waals surface area contributed by atoms with Gasteiger partial charge >= 0.3 is 6.18 Å². The molecular formula is C16H23BrF3N3O. The topological polar surface area (TPSA) is 35.6 Å². The van der Waals surface area contributed by atoms with E-state index in [-0.39, 0.29) is 12.3 Å². The molecule has 1 aliphatic heterocycles. The molecule has 0 saturated carbocycles. The smallest absolute Gasteiger partial charge is 0.327 e. The number of rotatable bonds is 7. The molecule has 1 amide bonds. The Hall–Kier alpha value is -1.12. The van der Waals surface area contributed by atoms with Crippen LogP contribution in [0.15, 0.2) is 35.0 Å². The molecule has 1 N–H and O–H groups in total. The number of allylic oxidation sites excluding steroid dienone is 4. The SMILES string of the molecule is C=C(/C=C(Br)\C=C/C)NC(=O)CCN1CCN(CC(F)(F)F)CC1. The molecule has 1 heterocycles. The van der Waals surface area contributed by atoms with Crippen molar-refractivity contribution in [2.24, 2.45) is 0 Å². The Morgan fingerprint density at radius 3 is 2.38 bits per heavy atom. The first-order valence-electron chi connectivity index (χ1n) is 7.69. The Labute approximate surface area is 149 Å². The minimum atomic E-state index is -4.16. The highest BCUT2D eigenvalue weighted by molar-refractivity contribution is 9.11. The molecule has 24 heavy (non-hydrogen) atoms. The highest BCUT2D eigenvalue weighted by atomic mass is 79.9. The van der Waals surface area contributed by atoms with Gasteiger partial charge in [0.25, 0.3) is 0 Å². The van der Waals surface area contributed by atoms with Crippen molar-refractivity contribution in [3.8, 4) is 0 Å². The van der Waals surface area contributed by atoms with Crippen molar-refractivity contribution >= 4 is 21.8 Å². The summed E-state index contributed by atoms with van der Waals surface area (Å²) in [6, 6.07) is 0. The van der Waals surface area contributed by atoms with Crippen LogP contribution in [-0.4, -0.2) is 61.2 Å². The van der Waals surface area contributed by atoms with Crippen molar-refractivity contribution in [2.75, 3.05) is 39.3 Å². The molecule has 136 valence electrons. The van der Waals surface area contributed by atoms with Gasteiger partial charge in [0, 0.05) is 49.3 Å². The number of hydrogen-bond acceptors (Lipinski definition) is 3. The van der Waals surface area contributed by atoms with Crippen LogP contribution < -0.4 is 5.32 Å². The number of carbonyl (C=O) groups is 1. The fourth-order valence-electron chi connectivity index (χ4n) is 2.34. The Kier molecular flexibility index (Phi) is 8.72. The van der Waals surface area contributed by atoms with Crippen LogP contribution in [-0.2, 0) is 4.79 Å². The van der Waals surface area contributed by atoms with Gasteiger partial charge in [-0.2, -0.15) is 13.2 Å². The molecule has 1 saturated heterocycles. The van der Waals surface area contributed by atoms with E-state index in [4.69, 9.17) is 0 Å². The van der Waals surface area contributed by atoms with Gasteiger partial charge in [-0.15, -0.1) is 0 Å². The minimum Gasteiger partial charge on any atom is -0.327 e. The van der Waals surface area contributed by atoms with E-state index >= 15 is 0 Å². The lowest BCUT2D eigenvalue weighted by Gasteiger charge is -2.34. The molecule has 0 aromatic carbocycles. The molecular weight excluding hydrogens is 387 g/mol. The van der Waals surface area contributed by atoms with Crippen LogP contribution in [0.5, 0.6) is 0 Å². The van der Waals surface area contributed by atoms with E-state index in [9.17, 15) is 18.0 Å². The summed E-state index contributed by atoms with van der Waals surface area (Å²) in [5.74, 6) is -0.158. The lowest BCUT2D eigenvalue weighted by atomic mass is 10.2. The molecule has 8 heteroatoms. The van der Waals surface area contributed by atoms with Crippen LogP contribution in [0.1, 0.15) is 13.3 Å². The Morgan fingerprint density at radius 2 is 1.83 bits per heavy atom. The van der Waals surface area contributed by atoms with E-state index < -0.39 is 12.7 Å². The van der Waals surface area contributed by atoms with Gasteiger partial charge in [-0.25, -0.2) is 0 Å². The molecule has 0 radical (unpaired) electrons. The van der Waals surface area contributed by atoms with E-state index in [0.717, 1.165) is 4.48 Å². The fraction of sp³-hybridized carbons (Fsp3) is 0.562. The maximum Gasteiger partial charge on any atom is 0.401 e. The van der Waals surface area contributed by atoms with E-state index in [0.29, 0.717) is 38.4 Å². The summed E-state index contributed by atoms with van der Waals surface area (Å²) in [5.41, 5.74) is 0.486. The lowest BCUT2D eigenvalue weighted by molar-refractivity contribution is -0.149. The highest BCUT2D eigenvalue weighted by Crippen LogP contribution is 2.17. The van der Waals surface area contributed by atoms with Crippen LogP contribution in [0.25, 0.3) is 0 Å². The third-order valence-electron chi connectivity index (χ3n) is 3.46. The summed E-state index contributed by atoms with van der Waals surface area (Å²) >= 11 is 3.33. The Morgan fingerprint density at radius 1 is 1.25 bits per heavy atom. The van der Waals surface area contributed by atoms with Crippen molar-refractivity contribution in [3.05, 3.63) is 35.0 Å². The number of halogens is 4. The predicted octanol–water partition coefficient (Wildman–Crippen LogP) is 3.04. The summed E-state index contributed by atoms with van der Waals surface area (Å²) < 4.78 is 37.8. The molecule has 0 unspecified atom stereocenters. The molecule has 1 rings (SSSR count). The van der Waals surface area contributed by atoms with E-state index in [2.05, 4.69) is 27.8 Å². The van der Waals surface area contributed by atoms with E-state index in [1.54, 1.807) is 6.08 Å². The Balaban J connectivity index is 2.27. The number of nitrogens with zero attached hydrogens (tertiary/aromatic N) is 2. The second kappa shape index (κ2) is 10.0. The van der Waals surface area contributed by atoms with Crippen LogP contribution in [0.2, 0.25) is 0 Å². The first kappa shape index (κ1) is 20.9. The van der Waals surface area contributed by atoms with Gasteiger partial charge in [-0.3, -0.25) is 9.69 Å². The van der Waals surface area contributed by atoms with E-state index in [1.165, 1.54) is 4.90 Å².